The minimum atomic E-state index is -1.16. The molecule has 6 heterocycles. The number of thiazole rings is 4. The number of Topliss-reactive ketones (excluding diaryl/α,β-unsaturated/α-hetero) is 1. The first-order valence-electron chi connectivity index (χ1n) is 31.2. The number of aromatic carboxylic acids is 1. The van der Waals surface area contributed by atoms with Crippen LogP contribution in [0.3, 0.4) is 0 Å². The number of aliphatic carboxylic acids is 2. The maximum atomic E-state index is 12.0. The molecular formula is C65H99FN8O16S4. The van der Waals surface area contributed by atoms with Crippen molar-refractivity contribution >= 4 is 130 Å². The Hall–Kier alpha value is -7.76. The number of pyridine rings is 2. The van der Waals surface area contributed by atoms with Crippen LogP contribution in [-0.2, 0) is 47.7 Å². The van der Waals surface area contributed by atoms with Crippen LogP contribution >= 0.6 is 45.3 Å². The molecule has 5 unspecified atom stereocenters. The van der Waals surface area contributed by atoms with E-state index in [9.17, 15) is 53.0 Å². The molecule has 5 atom stereocenters. The van der Waals surface area contributed by atoms with Crippen molar-refractivity contribution in [2.45, 2.75) is 189 Å². The van der Waals surface area contributed by atoms with Crippen LogP contribution in [0, 0.1) is 45.4 Å². The highest BCUT2D eigenvalue weighted by atomic mass is 32.1. The van der Waals surface area contributed by atoms with Crippen LogP contribution in [0.25, 0.3) is 20.7 Å². The van der Waals surface area contributed by atoms with Gasteiger partial charge in [-0.2, -0.15) is 0 Å². The van der Waals surface area contributed by atoms with Gasteiger partial charge in [0.15, 0.2) is 0 Å². The Kier molecular flexibility index (Phi) is 46.8. The second-order valence-electron chi connectivity index (χ2n) is 20.0. The van der Waals surface area contributed by atoms with Crippen LogP contribution in [-0.4, -0.2) is 138 Å². The normalized spacial score (nSPS) is 12.1. The molecular weight excluding hydrogens is 1300 g/mol. The van der Waals surface area contributed by atoms with Crippen LogP contribution < -0.4 is 5.73 Å². The van der Waals surface area contributed by atoms with Gasteiger partial charge < -0.3 is 45.1 Å². The number of halogens is 1. The van der Waals surface area contributed by atoms with Gasteiger partial charge in [-0.05, 0) is 110 Å². The van der Waals surface area contributed by atoms with Crippen molar-refractivity contribution in [1.29, 1.82) is 0 Å². The number of anilines is 1. The van der Waals surface area contributed by atoms with Crippen LogP contribution in [0.5, 0.6) is 0 Å². The smallest absolute Gasteiger partial charge is 0.343 e. The molecule has 0 aliphatic carbocycles. The van der Waals surface area contributed by atoms with E-state index in [-0.39, 0.29) is 77.9 Å². The topological polar surface area (TPSA) is 370 Å². The van der Waals surface area contributed by atoms with Gasteiger partial charge in [0.2, 0.25) is 0 Å². The number of aliphatic imine (C=N–C) groups is 1. The van der Waals surface area contributed by atoms with E-state index in [1.54, 1.807) is 64.5 Å². The number of rotatable bonds is 23. The molecule has 0 saturated heterocycles. The number of ketones is 1. The first-order valence-corrected chi connectivity index (χ1v) is 33.5. The Balaban J connectivity index is -0.00000106. The number of nitrogen functional groups attached to an aromatic ring is 1. The molecule has 526 valence electrons. The third kappa shape index (κ3) is 33.9. The summed E-state index contributed by atoms with van der Waals surface area (Å²) in [5.74, 6) is -4.69. The van der Waals surface area contributed by atoms with Gasteiger partial charge in [0.05, 0.1) is 83.1 Å². The summed E-state index contributed by atoms with van der Waals surface area (Å²) in [4.78, 5) is 118. The van der Waals surface area contributed by atoms with E-state index in [0.717, 1.165) is 89.0 Å². The van der Waals surface area contributed by atoms with Crippen LogP contribution in [0.2, 0.25) is 0 Å². The average molecular weight is 1400 g/mol. The van der Waals surface area contributed by atoms with E-state index in [1.807, 2.05) is 76.2 Å². The number of carbonyl (C=O) groups excluding carboxylic acids is 5. The fourth-order valence-corrected chi connectivity index (χ4v) is 9.74. The third-order valence-corrected chi connectivity index (χ3v) is 16.2. The molecule has 0 saturated carbocycles. The molecule has 6 N–H and O–H groups in total. The molecule has 0 aromatic carbocycles. The Morgan fingerprint density at radius 1 is 0.564 bits per heavy atom. The number of aliphatic hydroxyl groups is 1. The predicted molar refractivity (Wildman–Crippen MR) is 372 cm³/mol. The Bertz CT molecular complexity index is 3330. The third-order valence-electron chi connectivity index (χ3n) is 12.9. The largest absolute Gasteiger partial charge is 0.511 e. The molecule has 6 rings (SSSR count). The number of fused-ring (bicyclic) bond motifs is 2. The average Bonchev–Trinajstić information content (AvgIpc) is 1.77. The zero-order valence-electron chi connectivity index (χ0n) is 59.0. The summed E-state index contributed by atoms with van der Waals surface area (Å²) < 4.78 is 34.3. The van der Waals surface area contributed by atoms with E-state index in [4.69, 9.17) is 26.8 Å². The fraction of sp³-hybridized carbons (Fsp3) is 0.554. The molecule has 0 radical (unpaired) electrons. The van der Waals surface area contributed by atoms with Gasteiger partial charge in [0, 0.05) is 31.8 Å². The summed E-state index contributed by atoms with van der Waals surface area (Å²) >= 11 is 5.98. The standard InChI is InChI=1S/C14H20N2O3S.C14H18N2O2S.C12H14N2O2S.C9H16O3.C5H8O4.C5H10O2.C4H6N2S.CH3F.CH4/c1-5-9(3)13(17)11(14(18)19-6-2)7-16-12-8-15-10(4)20-12;1-5-8(3)11-10(14(17)18-6-2)7-15-13-12(11)16-9(4)19-13;1-4-6(2)9-8(12(15)16)5-13-11-10(9)14-7(3)17-11;1-4-7(3)8(10)6-9(11)12-5-2;1-2-9-5(8)3-4(6)7;1-3-4(2)5(6)7;1-3-6-2-4(5)7-3;1-2;/h7-9,17H,5-6H2,1-4H3;7-8H,5-6H2,1-4H3;5-6H,4H2,1-3H3,(H,15,16);7H,4-6H2,1-3H3;2-3H2,1H3,(H,6,7);4H,3H2,1-2H3,(H,6,7);2H,5H2,1H3;1H3;1H4/i;;;;;;;;1D. The van der Waals surface area contributed by atoms with E-state index in [0.29, 0.717) is 31.0 Å². The Morgan fingerprint density at radius 3 is 1.35 bits per heavy atom. The molecule has 29 heteroatoms. The molecule has 6 aromatic heterocycles. The zero-order valence-corrected chi connectivity index (χ0v) is 61.2. The zero-order chi connectivity index (χ0) is 73.7. The number of carboxylic acids is 3. The van der Waals surface area contributed by atoms with Gasteiger partial charge in [-0.3, -0.25) is 28.4 Å². The van der Waals surface area contributed by atoms with Crippen LogP contribution in [0.15, 0.2) is 41.1 Å². The molecule has 0 amide bonds. The van der Waals surface area contributed by atoms with Gasteiger partial charge in [-0.25, -0.2) is 49.3 Å². The van der Waals surface area contributed by atoms with Gasteiger partial charge in [0.25, 0.3) is 0 Å². The van der Waals surface area contributed by atoms with Crippen molar-refractivity contribution in [1.82, 2.24) is 29.9 Å². The van der Waals surface area contributed by atoms with Gasteiger partial charge in [0.1, 0.15) is 60.7 Å². The number of nitrogens with zero attached hydrogens (tertiary/aromatic N) is 7. The van der Waals surface area contributed by atoms with Crippen LogP contribution in [0.4, 0.5) is 14.4 Å². The highest BCUT2D eigenvalue weighted by Gasteiger charge is 2.24. The fourth-order valence-electron chi connectivity index (χ4n) is 7.02. The number of carbonyl (C=O) groups is 8. The number of allylic oxidation sites excluding steroid dienone is 1. The number of hydrogen-bond donors (Lipinski definition) is 5. The second kappa shape index (κ2) is 49.8. The lowest BCUT2D eigenvalue weighted by Gasteiger charge is -2.14. The number of aromatic nitrogens is 6. The minimum Gasteiger partial charge on any atom is -0.511 e. The molecule has 0 bridgehead atoms. The highest BCUT2D eigenvalue weighted by Crippen LogP contribution is 2.34. The van der Waals surface area contributed by atoms with E-state index in [1.165, 1.54) is 53.8 Å². The van der Waals surface area contributed by atoms with Crippen molar-refractivity contribution in [3.05, 3.63) is 78.4 Å². The molecule has 0 aliphatic rings. The van der Waals surface area contributed by atoms with Crippen molar-refractivity contribution in [3.63, 3.8) is 0 Å². The minimum absolute atomic E-state index is 0.0101. The Labute approximate surface area is 569 Å². The Morgan fingerprint density at radius 2 is 1.00 bits per heavy atom. The highest BCUT2D eigenvalue weighted by molar-refractivity contribution is 7.18. The van der Waals surface area contributed by atoms with Crippen molar-refractivity contribution in [3.8, 4) is 0 Å². The summed E-state index contributed by atoms with van der Waals surface area (Å²) in [5.41, 5.74) is 9.65. The first-order chi connectivity index (χ1) is 44.9. The van der Waals surface area contributed by atoms with Crippen molar-refractivity contribution in [2.75, 3.05) is 39.3 Å². The summed E-state index contributed by atoms with van der Waals surface area (Å²) in [6, 6.07) is 0. The van der Waals surface area contributed by atoms with Crippen molar-refractivity contribution in [2.24, 2.45) is 22.7 Å². The summed E-state index contributed by atoms with van der Waals surface area (Å²) in [6.07, 6.45) is 11.1. The lowest BCUT2D eigenvalue weighted by atomic mass is 9.94. The van der Waals surface area contributed by atoms with Gasteiger partial charge in [-0.1, -0.05) is 111 Å². The van der Waals surface area contributed by atoms with Crippen molar-refractivity contribution < 1.29 is 83.5 Å². The maximum absolute atomic E-state index is 12.0. The molecule has 94 heavy (non-hydrogen) atoms. The number of nitrogens with two attached hydrogens (primary N) is 1. The maximum Gasteiger partial charge on any atom is 0.343 e. The second-order valence-corrected chi connectivity index (χ2v) is 24.8. The number of esters is 4. The summed E-state index contributed by atoms with van der Waals surface area (Å²) in [6.45, 7) is 35.1. The summed E-state index contributed by atoms with van der Waals surface area (Å²) in [5, 5.41) is 40.8. The lowest BCUT2D eigenvalue weighted by Crippen LogP contribution is -2.16. The number of aryl methyl sites for hydroxylation is 4. The number of aliphatic hydroxyl groups excluding tert-OH is 1. The quantitative estimate of drug-likeness (QED) is 0.00993. The molecule has 0 aliphatic heterocycles. The van der Waals surface area contributed by atoms with E-state index in [2.05, 4.69) is 58.2 Å². The van der Waals surface area contributed by atoms with E-state index >= 15 is 0 Å². The predicted octanol–water partition coefficient (Wildman–Crippen LogP) is 15.4. The van der Waals surface area contributed by atoms with Gasteiger partial charge >= 0.3 is 41.8 Å². The molecule has 24 nitrogen and oxygen atoms in total. The molecule has 0 fully saturated rings. The number of carboxylic acid groups (broad SMARTS) is 3. The number of hydrogen-bond acceptors (Lipinski definition) is 25. The molecule has 0 spiro atoms. The molecule has 6 aromatic rings. The summed E-state index contributed by atoms with van der Waals surface area (Å²) in [7, 11) is 1.75. The van der Waals surface area contributed by atoms with Crippen LogP contribution in [0.1, 0.15) is 214 Å². The van der Waals surface area contributed by atoms with E-state index < -0.39 is 42.2 Å². The SMILES string of the molecule is CCC(C)C(=O)O.CCC(C)c1c(C(=O)O)cnc2sc(C)nc12.CCOC(=O)C(C=Nc1cnc(C)s1)=C(O)C(C)CC.CCOC(=O)CC(=O)C(C)CC.CCOC(=O)CC(=O)O.CCOC(=O)c1cnc2sc(C)nc2c1C(C)CC.CF.Cc1ncc(N)s1.[2H]C. The monoisotopic (exact) mass is 1400 g/mol. The number of alkyl halides is 1. The van der Waals surface area contributed by atoms with Gasteiger partial charge in [-0.15, -0.1) is 11.3 Å². The number of ether oxygens (including phenoxy) is 4. The lowest BCUT2D eigenvalue weighted by molar-refractivity contribution is -0.151. The first kappa shape index (κ1) is 88.3.